The molecule has 0 aromatic heterocycles. The highest BCUT2D eigenvalue weighted by atomic mass is 79.9. The van der Waals surface area contributed by atoms with E-state index < -0.39 is 28.5 Å². The van der Waals surface area contributed by atoms with E-state index >= 15 is 0 Å². The van der Waals surface area contributed by atoms with Crippen molar-refractivity contribution in [1.29, 1.82) is 0 Å². The molecule has 0 bridgehead atoms. The number of methoxy groups -OCH3 is 1. The summed E-state index contributed by atoms with van der Waals surface area (Å²) in [5.41, 5.74) is 2.83. The fourth-order valence-electron chi connectivity index (χ4n) is 4.88. The van der Waals surface area contributed by atoms with Gasteiger partial charge in [-0.3, -0.25) is 13.9 Å². The number of anilines is 1. The van der Waals surface area contributed by atoms with Crippen molar-refractivity contribution in [3.8, 4) is 5.75 Å². The minimum absolute atomic E-state index is 0.0452. The molecule has 45 heavy (non-hydrogen) atoms. The molecular weight excluding hydrogens is 654 g/mol. The van der Waals surface area contributed by atoms with Crippen LogP contribution in [0.4, 0.5) is 5.69 Å². The summed E-state index contributed by atoms with van der Waals surface area (Å²) in [5.74, 6) is -0.393. The Hall–Kier alpha value is -4.15. The third-order valence-electron chi connectivity index (χ3n) is 7.29. The number of nitrogens with zero attached hydrogens (tertiary/aromatic N) is 2. The lowest BCUT2D eigenvalue weighted by molar-refractivity contribution is -0.140. The van der Waals surface area contributed by atoms with E-state index in [9.17, 15) is 18.0 Å². The largest absolute Gasteiger partial charge is 0.497 e. The van der Waals surface area contributed by atoms with Crippen molar-refractivity contribution in [3.63, 3.8) is 0 Å². The summed E-state index contributed by atoms with van der Waals surface area (Å²) < 4.78 is 35.6. The average Bonchev–Trinajstić information content (AvgIpc) is 3.04. The molecule has 0 spiro atoms. The van der Waals surface area contributed by atoms with Crippen LogP contribution in [0.1, 0.15) is 30.0 Å². The SMILES string of the molecule is CCCNC(=O)[C@H](Cc1ccccc1)N(Cc1cccc(Br)c1)C(=O)CN(c1cccc(OC)c1)S(=O)(=O)c1ccc(C)cc1. The van der Waals surface area contributed by atoms with Gasteiger partial charge in [0.05, 0.1) is 17.7 Å². The molecule has 0 fully saturated rings. The van der Waals surface area contributed by atoms with Crippen molar-refractivity contribution in [2.45, 2.75) is 44.2 Å². The van der Waals surface area contributed by atoms with Crippen molar-refractivity contribution < 1.29 is 22.7 Å². The van der Waals surface area contributed by atoms with Gasteiger partial charge in [-0.15, -0.1) is 0 Å². The predicted molar refractivity (Wildman–Crippen MR) is 181 cm³/mol. The van der Waals surface area contributed by atoms with E-state index in [0.29, 0.717) is 12.3 Å². The van der Waals surface area contributed by atoms with E-state index in [1.807, 2.05) is 68.4 Å². The van der Waals surface area contributed by atoms with Gasteiger partial charge in [-0.1, -0.05) is 89.1 Å². The highest BCUT2D eigenvalue weighted by molar-refractivity contribution is 9.10. The minimum Gasteiger partial charge on any atom is -0.497 e. The van der Waals surface area contributed by atoms with Crippen molar-refractivity contribution in [1.82, 2.24) is 10.2 Å². The number of sulfonamides is 1. The Bertz CT molecular complexity index is 1700. The number of carbonyl (C=O) groups excluding carboxylic acids is 2. The molecule has 0 saturated heterocycles. The number of hydrogen-bond acceptors (Lipinski definition) is 5. The Morgan fingerprint density at radius 3 is 2.24 bits per heavy atom. The molecule has 4 aromatic carbocycles. The normalized spacial score (nSPS) is 11.8. The standard InChI is InChI=1S/C35H38BrN3O5S/c1-4-20-37-35(41)33(22-27-10-6-5-7-11-27)38(24-28-12-8-13-29(36)21-28)34(40)25-39(30-14-9-15-31(23-30)44-3)45(42,43)32-18-16-26(2)17-19-32/h5-19,21,23,33H,4,20,22,24-25H2,1-3H3,(H,37,41)/t33-/m0/s1. The Kier molecular flexibility index (Phi) is 11.8. The van der Waals surface area contributed by atoms with E-state index in [4.69, 9.17) is 4.74 Å². The molecule has 0 heterocycles. The maximum absolute atomic E-state index is 14.5. The summed E-state index contributed by atoms with van der Waals surface area (Å²) in [7, 11) is -2.71. The van der Waals surface area contributed by atoms with E-state index in [0.717, 1.165) is 31.9 Å². The van der Waals surface area contributed by atoms with Gasteiger partial charge < -0.3 is 15.0 Å². The summed E-state index contributed by atoms with van der Waals surface area (Å²) in [6.45, 7) is 3.82. The van der Waals surface area contributed by atoms with Gasteiger partial charge in [-0.2, -0.15) is 0 Å². The number of aryl methyl sites for hydroxylation is 1. The van der Waals surface area contributed by atoms with Gasteiger partial charge in [0.15, 0.2) is 0 Å². The molecule has 10 heteroatoms. The third kappa shape index (κ3) is 8.95. The summed E-state index contributed by atoms with van der Waals surface area (Å²) in [5, 5.41) is 2.96. The zero-order chi connectivity index (χ0) is 32.4. The first kappa shape index (κ1) is 33.7. The topological polar surface area (TPSA) is 96.0 Å². The summed E-state index contributed by atoms with van der Waals surface area (Å²) in [4.78, 5) is 29.8. The van der Waals surface area contributed by atoms with E-state index in [2.05, 4.69) is 21.2 Å². The summed E-state index contributed by atoms with van der Waals surface area (Å²) in [6.07, 6.45) is 0.974. The van der Waals surface area contributed by atoms with Crippen LogP contribution >= 0.6 is 15.9 Å². The lowest BCUT2D eigenvalue weighted by atomic mass is 10.0. The summed E-state index contributed by atoms with van der Waals surface area (Å²) >= 11 is 3.50. The van der Waals surface area contributed by atoms with Crippen LogP contribution in [-0.4, -0.2) is 51.4 Å². The van der Waals surface area contributed by atoms with E-state index in [-0.39, 0.29) is 29.5 Å². The number of rotatable bonds is 14. The highest BCUT2D eigenvalue weighted by Crippen LogP contribution is 2.28. The van der Waals surface area contributed by atoms with Crippen LogP contribution in [0.2, 0.25) is 0 Å². The number of benzene rings is 4. The van der Waals surface area contributed by atoms with E-state index in [1.54, 1.807) is 36.4 Å². The Morgan fingerprint density at radius 1 is 0.889 bits per heavy atom. The number of hydrogen-bond donors (Lipinski definition) is 1. The van der Waals surface area contributed by atoms with Crippen LogP contribution in [0.25, 0.3) is 0 Å². The molecule has 0 saturated carbocycles. The number of ether oxygens (including phenoxy) is 1. The Morgan fingerprint density at radius 2 is 1.58 bits per heavy atom. The van der Waals surface area contributed by atoms with Gasteiger partial charge in [-0.25, -0.2) is 8.42 Å². The lowest BCUT2D eigenvalue weighted by Crippen LogP contribution is -2.53. The third-order valence-corrected chi connectivity index (χ3v) is 9.57. The quantitative estimate of drug-likeness (QED) is 0.172. The molecule has 236 valence electrons. The molecule has 4 aromatic rings. The van der Waals surface area contributed by atoms with Crippen LogP contribution in [0.5, 0.6) is 5.75 Å². The molecule has 8 nitrogen and oxygen atoms in total. The van der Waals surface area contributed by atoms with Crippen LogP contribution in [0.3, 0.4) is 0 Å². The zero-order valence-corrected chi connectivity index (χ0v) is 28.1. The first-order chi connectivity index (χ1) is 21.6. The van der Waals surface area contributed by atoms with Crippen molar-refractivity contribution in [3.05, 3.63) is 124 Å². The van der Waals surface area contributed by atoms with Crippen molar-refractivity contribution >= 4 is 43.5 Å². The molecule has 1 N–H and O–H groups in total. The number of halogens is 1. The number of carbonyl (C=O) groups is 2. The highest BCUT2D eigenvalue weighted by Gasteiger charge is 2.34. The fraction of sp³-hybridized carbons (Fsp3) is 0.257. The second-order valence-electron chi connectivity index (χ2n) is 10.7. The van der Waals surface area contributed by atoms with Crippen LogP contribution < -0.4 is 14.4 Å². The van der Waals surface area contributed by atoms with E-state index in [1.165, 1.54) is 24.1 Å². The maximum Gasteiger partial charge on any atom is 0.264 e. The van der Waals surface area contributed by atoms with Gasteiger partial charge in [0.25, 0.3) is 10.0 Å². The van der Waals surface area contributed by atoms with Crippen molar-refractivity contribution in [2.75, 3.05) is 24.5 Å². The Balaban J connectivity index is 1.81. The predicted octanol–water partition coefficient (Wildman–Crippen LogP) is 6.13. The monoisotopic (exact) mass is 691 g/mol. The molecule has 2 amide bonds. The second kappa shape index (κ2) is 15.7. The van der Waals surface area contributed by atoms with Crippen molar-refractivity contribution in [2.24, 2.45) is 0 Å². The minimum atomic E-state index is -4.20. The molecule has 0 unspecified atom stereocenters. The molecule has 0 aliphatic carbocycles. The van der Waals surface area contributed by atoms with Crippen LogP contribution in [0.15, 0.2) is 112 Å². The Labute approximate surface area is 274 Å². The second-order valence-corrected chi connectivity index (χ2v) is 13.5. The van der Waals surface area contributed by atoms with Gasteiger partial charge >= 0.3 is 0 Å². The molecule has 1 atom stereocenters. The number of amides is 2. The first-order valence-electron chi connectivity index (χ1n) is 14.7. The van der Waals surface area contributed by atoms with Crippen LogP contribution in [-0.2, 0) is 32.6 Å². The maximum atomic E-state index is 14.5. The first-order valence-corrected chi connectivity index (χ1v) is 16.9. The molecule has 0 aliphatic heterocycles. The van der Waals surface area contributed by atoms with Gasteiger partial charge in [0.2, 0.25) is 11.8 Å². The lowest BCUT2D eigenvalue weighted by Gasteiger charge is -2.34. The van der Waals surface area contributed by atoms with Gasteiger partial charge in [0.1, 0.15) is 18.3 Å². The molecule has 0 aliphatic rings. The molecule has 0 radical (unpaired) electrons. The zero-order valence-electron chi connectivity index (χ0n) is 25.6. The summed E-state index contributed by atoms with van der Waals surface area (Å²) in [6, 6.07) is 29.1. The van der Waals surface area contributed by atoms with Crippen LogP contribution in [0, 0.1) is 6.92 Å². The number of nitrogens with one attached hydrogen (secondary N) is 1. The average molecular weight is 693 g/mol. The molecular formula is C35H38BrN3O5S. The molecule has 4 rings (SSSR count). The fourth-order valence-corrected chi connectivity index (χ4v) is 6.74. The smallest absolute Gasteiger partial charge is 0.264 e. The van der Waals surface area contributed by atoms with Gasteiger partial charge in [0, 0.05) is 30.0 Å². The van der Waals surface area contributed by atoms with Gasteiger partial charge in [-0.05, 0) is 60.9 Å².